The Balaban J connectivity index is 1.15. The number of hydrogen-bond donors (Lipinski definition) is 5. The molecule has 258 valence electrons. The lowest BCUT2D eigenvalue weighted by Gasteiger charge is -2.57. The molecule has 0 bridgehead atoms. The summed E-state index contributed by atoms with van der Waals surface area (Å²) in [7, 11) is 0. The van der Waals surface area contributed by atoms with E-state index >= 15 is 0 Å². The van der Waals surface area contributed by atoms with Gasteiger partial charge in [-0.1, -0.05) is 74.5 Å². The first-order chi connectivity index (χ1) is 22.9. The van der Waals surface area contributed by atoms with E-state index in [1.807, 2.05) is 74.5 Å². The Labute approximate surface area is 283 Å². The Morgan fingerprint density at radius 3 is 1.96 bits per heavy atom. The number of nitrogens with one attached hydrogen (secondary N) is 4. The van der Waals surface area contributed by atoms with Crippen molar-refractivity contribution in [2.75, 3.05) is 26.2 Å². The maximum absolute atomic E-state index is 13.7. The molecule has 5 amide bonds. The molecule has 5 rings (SSSR count). The third kappa shape index (κ3) is 9.00. The molecule has 0 radical (unpaired) electrons. The molecule has 2 saturated heterocycles. The van der Waals surface area contributed by atoms with Crippen molar-refractivity contribution >= 4 is 29.5 Å². The fraction of sp³-hybridized carbons (Fsp3) is 0.541. The normalized spacial score (nSPS) is 19.6. The SMILES string of the molecule is CC(C)C[C@@H](NC(=O)[C@@H](Cc1ccccc1)NC(=O)[C@H](N)Cc1ccccc1)C(=O)NCC(=O)N1CCC2(CC1)CC1(CNC(=O)C1)C2. The summed E-state index contributed by atoms with van der Waals surface area (Å²) >= 11 is 0. The van der Waals surface area contributed by atoms with Crippen LogP contribution in [0.25, 0.3) is 0 Å². The van der Waals surface area contributed by atoms with Crippen molar-refractivity contribution in [3.05, 3.63) is 71.8 Å². The van der Waals surface area contributed by atoms with E-state index in [2.05, 4.69) is 21.3 Å². The van der Waals surface area contributed by atoms with Crippen molar-refractivity contribution in [1.82, 2.24) is 26.2 Å². The van der Waals surface area contributed by atoms with E-state index in [4.69, 9.17) is 5.73 Å². The summed E-state index contributed by atoms with van der Waals surface area (Å²) in [5.41, 5.74) is 8.30. The quantitative estimate of drug-likeness (QED) is 0.221. The first-order valence-electron chi connectivity index (χ1n) is 17.2. The molecule has 3 fully saturated rings. The molecule has 1 saturated carbocycles. The van der Waals surface area contributed by atoms with Crippen LogP contribution in [0.5, 0.6) is 0 Å². The van der Waals surface area contributed by atoms with Crippen LogP contribution < -0.4 is 27.0 Å². The van der Waals surface area contributed by atoms with Crippen molar-refractivity contribution in [3.8, 4) is 0 Å². The highest BCUT2D eigenvalue weighted by atomic mass is 16.2. The van der Waals surface area contributed by atoms with Crippen molar-refractivity contribution in [2.24, 2.45) is 22.5 Å². The molecule has 3 atom stereocenters. The Morgan fingerprint density at radius 1 is 0.812 bits per heavy atom. The van der Waals surface area contributed by atoms with Crippen LogP contribution in [0.1, 0.15) is 63.5 Å². The minimum Gasteiger partial charge on any atom is -0.356 e. The van der Waals surface area contributed by atoms with Gasteiger partial charge in [0.15, 0.2) is 0 Å². The molecule has 0 unspecified atom stereocenters. The number of benzene rings is 2. The minimum atomic E-state index is -0.963. The fourth-order valence-corrected chi connectivity index (χ4v) is 7.80. The summed E-state index contributed by atoms with van der Waals surface area (Å²) in [6.07, 6.45) is 5.36. The molecule has 2 heterocycles. The second-order valence-electron chi connectivity index (χ2n) is 14.6. The molecule has 2 aliphatic heterocycles. The highest BCUT2D eigenvalue weighted by molar-refractivity contribution is 5.94. The van der Waals surface area contributed by atoms with Gasteiger partial charge in [0.1, 0.15) is 12.1 Å². The lowest BCUT2D eigenvalue weighted by atomic mass is 9.49. The van der Waals surface area contributed by atoms with E-state index in [9.17, 15) is 24.0 Å². The average molecular weight is 659 g/mol. The van der Waals surface area contributed by atoms with E-state index in [0.717, 1.165) is 43.4 Å². The summed E-state index contributed by atoms with van der Waals surface area (Å²) in [5, 5.41) is 11.4. The van der Waals surface area contributed by atoms with Gasteiger partial charge in [-0.25, -0.2) is 0 Å². The summed E-state index contributed by atoms with van der Waals surface area (Å²) in [6, 6.07) is 16.1. The van der Waals surface area contributed by atoms with Gasteiger partial charge in [0.05, 0.1) is 12.6 Å². The maximum Gasteiger partial charge on any atom is 0.243 e. The zero-order chi connectivity index (χ0) is 34.3. The van der Waals surface area contributed by atoms with Gasteiger partial charge in [0, 0.05) is 32.5 Å². The molecule has 11 nitrogen and oxygen atoms in total. The monoisotopic (exact) mass is 658 g/mol. The Bertz CT molecular complexity index is 1450. The number of nitrogens with zero attached hydrogens (tertiary/aromatic N) is 1. The molecule has 2 spiro atoms. The molecule has 6 N–H and O–H groups in total. The molecule has 2 aromatic carbocycles. The van der Waals surface area contributed by atoms with Gasteiger partial charge in [-0.3, -0.25) is 24.0 Å². The first kappa shape index (κ1) is 35.1. The molecular formula is C37H50N6O5. The number of likely N-dealkylation sites (tertiary alicyclic amines) is 1. The van der Waals surface area contributed by atoms with Crippen molar-refractivity contribution in [2.45, 2.75) is 83.3 Å². The van der Waals surface area contributed by atoms with E-state index < -0.39 is 35.8 Å². The van der Waals surface area contributed by atoms with E-state index in [0.29, 0.717) is 32.4 Å². The van der Waals surface area contributed by atoms with Gasteiger partial charge in [-0.15, -0.1) is 0 Å². The molecule has 1 aliphatic carbocycles. The third-order valence-corrected chi connectivity index (χ3v) is 10.2. The number of rotatable bonds is 13. The zero-order valence-electron chi connectivity index (χ0n) is 28.1. The Morgan fingerprint density at radius 2 is 1.40 bits per heavy atom. The highest BCUT2D eigenvalue weighted by Gasteiger charge is 2.57. The summed E-state index contributed by atoms with van der Waals surface area (Å²) in [6.45, 7) is 5.77. The highest BCUT2D eigenvalue weighted by Crippen LogP contribution is 2.61. The lowest BCUT2D eigenvalue weighted by molar-refractivity contribution is -0.139. The zero-order valence-corrected chi connectivity index (χ0v) is 28.1. The fourth-order valence-electron chi connectivity index (χ4n) is 7.80. The van der Waals surface area contributed by atoms with Crippen LogP contribution in [0.4, 0.5) is 0 Å². The second-order valence-corrected chi connectivity index (χ2v) is 14.6. The van der Waals surface area contributed by atoms with Gasteiger partial charge in [0.2, 0.25) is 29.5 Å². The number of amides is 5. The van der Waals surface area contributed by atoms with Crippen LogP contribution in [0.2, 0.25) is 0 Å². The average Bonchev–Trinajstić information content (AvgIpc) is 3.44. The summed E-state index contributed by atoms with van der Waals surface area (Å²) < 4.78 is 0. The Kier molecular flexibility index (Phi) is 11.2. The summed E-state index contributed by atoms with van der Waals surface area (Å²) in [5.74, 6) is -1.33. The van der Waals surface area contributed by atoms with Gasteiger partial charge >= 0.3 is 0 Å². The topological polar surface area (TPSA) is 163 Å². The Hall–Kier alpha value is -4.25. The van der Waals surface area contributed by atoms with Crippen LogP contribution in [0, 0.1) is 16.7 Å². The van der Waals surface area contributed by atoms with Crippen LogP contribution in [-0.4, -0.2) is 78.7 Å². The molecule has 48 heavy (non-hydrogen) atoms. The van der Waals surface area contributed by atoms with Gasteiger partial charge in [-0.05, 0) is 66.4 Å². The maximum atomic E-state index is 13.7. The third-order valence-electron chi connectivity index (χ3n) is 10.2. The smallest absolute Gasteiger partial charge is 0.243 e. The van der Waals surface area contributed by atoms with E-state index in [1.54, 1.807) is 4.90 Å². The van der Waals surface area contributed by atoms with Crippen molar-refractivity contribution < 1.29 is 24.0 Å². The van der Waals surface area contributed by atoms with E-state index in [1.165, 1.54) is 0 Å². The largest absolute Gasteiger partial charge is 0.356 e. The van der Waals surface area contributed by atoms with Crippen LogP contribution >= 0.6 is 0 Å². The molecule has 2 aromatic rings. The van der Waals surface area contributed by atoms with Gasteiger partial charge in [0.25, 0.3) is 0 Å². The molecule has 0 aromatic heterocycles. The number of piperidine rings is 1. The predicted molar refractivity (Wildman–Crippen MR) is 182 cm³/mol. The van der Waals surface area contributed by atoms with Gasteiger partial charge < -0.3 is 31.9 Å². The van der Waals surface area contributed by atoms with Crippen LogP contribution in [0.15, 0.2) is 60.7 Å². The molecular weight excluding hydrogens is 608 g/mol. The molecule has 11 heteroatoms. The standard InChI is InChI=1S/C37H50N6O5/c1-25(2)17-29(34(47)39-21-32(45)43-15-13-36(14-16-43)22-37(23-36)20-31(44)40-24-37)42-35(48)30(19-27-11-7-4-8-12-27)41-33(46)28(38)18-26-9-5-3-6-10-26/h3-12,25,28-30H,13-24,38H2,1-2H3,(H,39,47)(H,40,44)(H,41,46)(H,42,48)/t28-,29-,30-/m1/s1. The van der Waals surface area contributed by atoms with Gasteiger partial charge in [-0.2, -0.15) is 0 Å². The number of nitrogens with two attached hydrogens (primary N) is 1. The molecule has 3 aliphatic rings. The van der Waals surface area contributed by atoms with E-state index in [-0.39, 0.29) is 41.5 Å². The predicted octanol–water partition coefficient (Wildman–Crippen LogP) is 1.84. The number of hydrogen-bond acceptors (Lipinski definition) is 6. The second kappa shape index (κ2) is 15.3. The van der Waals surface area contributed by atoms with Crippen LogP contribution in [-0.2, 0) is 36.8 Å². The summed E-state index contributed by atoms with van der Waals surface area (Å²) in [4.78, 5) is 66.9. The van der Waals surface area contributed by atoms with Crippen molar-refractivity contribution in [1.29, 1.82) is 0 Å². The minimum absolute atomic E-state index is 0.0765. The lowest BCUT2D eigenvalue weighted by Crippen LogP contribution is -2.57. The number of carbonyl (C=O) groups excluding carboxylic acids is 5. The first-order valence-corrected chi connectivity index (χ1v) is 17.2. The number of carbonyl (C=O) groups is 5. The van der Waals surface area contributed by atoms with Crippen molar-refractivity contribution in [3.63, 3.8) is 0 Å². The van der Waals surface area contributed by atoms with Crippen LogP contribution in [0.3, 0.4) is 0 Å².